The predicted octanol–water partition coefficient (Wildman–Crippen LogP) is 3.09. The highest BCUT2D eigenvalue weighted by Gasteiger charge is 2.30. The zero-order valence-corrected chi connectivity index (χ0v) is 13.8. The Morgan fingerprint density at radius 1 is 1.48 bits per heavy atom. The van der Waals surface area contributed by atoms with E-state index in [9.17, 15) is 14.9 Å². The molecule has 2 amide bonds. The number of nitro benzene ring substituents is 1. The van der Waals surface area contributed by atoms with Crippen molar-refractivity contribution in [3.05, 3.63) is 46.5 Å². The Hall–Kier alpha value is -3.10. The van der Waals surface area contributed by atoms with Gasteiger partial charge in [-0.3, -0.25) is 10.1 Å². The molecule has 1 aliphatic heterocycles. The number of imidazole rings is 1. The molecule has 1 atom stereocenters. The number of methoxy groups -OCH3 is 1. The maximum absolute atomic E-state index is 12.7. The van der Waals surface area contributed by atoms with E-state index in [1.54, 1.807) is 17.3 Å². The van der Waals surface area contributed by atoms with Gasteiger partial charge in [-0.05, 0) is 25.3 Å². The van der Waals surface area contributed by atoms with Gasteiger partial charge in [0.1, 0.15) is 11.6 Å². The summed E-state index contributed by atoms with van der Waals surface area (Å²) in [6.07, 6.45) is 6.18. The molecule has 3 rings (SSSR count). The lowest BCUT2D eigenvalue weighted by atomic mass is 10.0. The van der Waals surface area contributed by atoms with Crippen LogP contribution in [0.1, 0.15) is 31.1 Å². The number of non-ortho nitro benzene ring substituents is 1. The van der Waals surface area contributed by atoms with E-state index in [0.717, 1.165) is 25.1 Å². The molecule has 0 radical (unpaired) electrons. The molecule has 1 aromatic heterocycles. The fourth-order valence-corrected chi connectivity index (χ4v) is 3.00. The van der Waals surface area contributed by atoms with Crippen LogP contribution in [0.25, 0.3) is 0 Å². The quantitative estimate of drug-likeness (QED) is 0.653. The number of piperidine rings is 1. The zero-order valence-electron chi connectivity index (χ0n) is 13.8. The average molecular weight is 345 g/mol. The first-order valence-corrected chi connectivity index (χ1v) is 7.99. The maximum Gasteiger partial charge on any atom is 0.322 e. The minimum Gasteiger partial charge on any atom is -0.494 e. The van der Waals surface area contributed by atoms with E-state index in [4.69, 9.17) is 4.74 Å². The average Bonchev–Trinajstić information content (AvgIpc) is 3.16. The van der Waals surface area contributed by atoms with Gasteiger partial charge in [0.25, 0.3) is 5.69 Å². The third-order valence-corrected chi connectivity index (χ3v) is 4.24. The minimum atomic E-state index is -0.508. The molecule has 1 unspecified atom stereocenters. The summed E-state index contributed by atoms with van der Waals surface area (Å²) in [7, 11) is 1.40. The number of aromatic amines is 1. The summed E-state index contributed by atoms with van der Waals surface area (Å²) in [5, 5.41) is 13.7. The van der Waals surface area contributed by atoms with Crippen LogP contribution in [-0.4, -0.2) is 39.5 Å². The molecule has 9 heteroatoms. The van der Waals surface area contributed by atoms with Crippen molar-refractivity contribution in [1.82, 2.24) is 14.9 Å². The number of nitrogens with one attached hydrogen (secondary N) is 2. The van der Waals surface area contributed by atoms with Gasteiger partial charge in [0.05, 0.1) is 29.8 Å². The number of carbonyl (C=O) groups is 1. The number of amides is 2. The minimum absolute atomic E-state index is 0.0960. The first kappa shape index (κ1) is 16.7. The molecule has 2 N–H and O–H groups in total. The Morgan fingerprint density at radius 3 is 3.00 bits per heavy atom. The number of H-pyrrole nitrogens is 1. The Labute approximate surface area is 144 Å². The van der Waals surface area contributed by atoms with Gasteiger partial charge in [-0.15, -0.1) is 0 Å². The number of aromatic nitrogens is 2. The lowest BCUT2D eigenvalue weighted by Crippen LogP contribution is -2.41. The van der Waals surface area contributed by atoms with Crippen LogP contribution in [0.5, 0.6) is 5.75 Å². The Morgan fingerprint density at radius 2 is 2.32 bits per heavy atom. The number of hydrogen-bond acceptors (Lipinski definition) is 5. The number of ether oxygens (including phenoxy) is 1. The summed E-state index contributed by atoms with van der Waals surface area (Å²) in [6.45, 7) is 0.618. The molecular weight excluding hydrogens is 326 g/mol. The van der Waals surface area contributed by atoms with Gasteiger partial charge in [-0.25, -0.2) is 9.78 Å². The number of rotatable bonds is 4. The highest BCUT2D eigenvalue weighted by molar-refractivity contribution is 5.91. The van der Waals surface area contributed by atoms with Crippen molar-refractivity contribution >= 4 is 17.4 Å². The number of benzene rings is 1. The third kappa shape index (κ3) is 3.54. The second-order valence-electron chi connectivity index (χ2n) is 5.75. The second-order valence-corrected chi connectivity index (χ2v) is 5.75. The number of nitrogens with zero attached hydrogens (tertiary/aromatic N) is 3. The summed E-state index contributed by atoms with van der Waals surface area (Å²) < 4.78 is 5.17. The molecule has 132 valence electrons. The van der Waals surface area contributed by atoms with E-state index >= 15 is 0 Å². The van der Waals surface area contributed by atoms with E-state index in [1.807, 2.05) is 0 Å². The molecule has 0 aliphatic carbocycles. The number of urea groups is 1. The Bertz CT molecular complexity index is 762. The van der Waals surface area contributed by atoms with Crippen molar-refractivity contribution in [2.75, 3.05) is 19.0 Å². The first-order valence-electron chi connectivity index (χ1n) is 7.99. The molecule has 1 saturated heterocycles. The predicted molar refractivity (Wildman–Crippen MR) is 90.6 cm³/mol. The van der Waals surface area contributed by atoms with Gasteiger partial charge in [-0.1, -0.05) is 0 Å². The van der Waals surface area contributed by atoms with Crippen molar-refractivity contribution in [3.63, 3.8) is 0 Å². The molecule has 0 spiro atoms. The summed E-state index contributed by atoms with van der Waals surface area (Å²) in [5.74, 6) is 1.000. The fraction of sp³-hybridized carbons (Fsp3) is 0.375. The van der Waals surface area contributed by atoms with Crippen LogP contribution in [0.2, 0.25) is 0 Å². The van der Waals surface area contributed by atoms with E-state index in [2.05, 4.69) is 15.3 Å². The van der Waals surface area contributed by atoms with Crippen molar-refractivity contribution < 1.29 is 14.5 Å². The van der Waals surface area contributed by atoms with E-state index < -0.39 is 4.92 Å². The molecule has 0 bridgehead atoms. The zero-order chi connectivity index (χ0) is 17.8. The number of nitro groups is 1. The Kier molecular flexibility index (Phi) is 4.82. The van der Waals surface area contributed by atoms with E-state index in [-0.39, 0.29) is 23.5 Å². The van der Waals surface area contributed by atoms with Gasteiger partial charge in [0.15, 0.2) is 0 Å². The molecule has 2 aromatic rings. The van der Waals surface area contributed by atoms with Crippen LogP contribution in [0, 0.1) is 10.1 Å². The largest absolute Gasteiger partial charge is 0.494 e. The number of anilines is 1. The van der Waals surface area contributed by atoms with Crippen LogP contribution in [-0.2, 0) is 0 Å². The van der Waals surface area contributed by atoms with Crippen molar-refractivity contribution in [2.24, 2.45) is 0 Å². The lowest BCUT2D eigenvalue weighted by molar-refractivity contribution is -0.384. The number of carbonyl (C=O) groups excluding carboxylic acids is 1. The van der Waals surface area contributed by atoms with Crippen LogP contribution in [0.15, 0.2) is 30.6 Å². The molecular formula is C16H19N5O4. The monoisotopic (exact) mass is 345 g/mol. The normalized spacial score (nSPS) is 17.2. The van der Waals surface area contributed by atoms with Crippen LogP contribution < -0.4 is 10.1 Å². The van der Waals surface area contributed by atoms with E-state index in [0.29, 0.717) is 12.2 Å². The molecule has 2 heterocycles. The lowest BCUT2D eigenvalue weighted by Gasteiger charge is -2.34. The van der Waals surface area contributed by atoms with Gasteiger partial charge in [0, 0.05) is 25.0 Å². The summed E-state index contributed by atoms with van der Waals surface area (Å²) in [5.41, 5.74) is 0.295. The molecule has 9 nitrogen and oxygen atoms in total. The first-order chi connectivity index (χ1) is 12.1. The summed E-state index contributed by atoms with van der Waals surface area (Å²) >= 11 is 0. The highest BCUT2D eigenvalue weighted by atomic mass is 16.6. The van der Waals surface area contributed by atoms with Gasteiger partial charge < -0.3 is 19.9 Å². The molecule has 1 fully saturated rings. The SMILES string of the molecule is COc1cc([N+](=O)[O-])ccc1NC(=O)N1CCCCC1c1ncc[nH]1. The van der Waals surface area contributed by atoms with Crippen molar-refractivity contribution in [3.8, 4) is 5.75 Å². The van der Waals surface area contributed by atoms with E-state index in [1.165, 1.54) is 25.3 Å². The van der Waals surface area contributed by atoms with Crippen LogP contribution in [0.4, 0.5) is 16.2 Å². The fourth-order valence-electron chi connectivity index (χ4n) is 3.00. The molecule has 1 aromatic carbocycles. The standard InChI is InChI=1S/C16H19N5O4/c1-25-14-10-11(21(23)24)5-6-12(14)19-16(22)20-9-3-2-4-13(20)15-17-7-8-18-15/h5-8,10,13H,2-4,9H2,1H3,(H,17,18)(H,19,22). The topological polar surface area (TPSA) is 113 Å². The van der Waals surface area contributed by atoms with Gasteiger partial charge >= 0.3 is 6.03 Å². The maximum atomic E-state index is 12.7. The number of hydrogen-bond donors (Lipinski definition) is 2. The van der Waals surface area contributed by atoms with Gasteiger partial charge in [-0.2, -0.15) is 0 Å². The highest BCUT2D eigenvalue weighted by Crippen LogP contribution is 2.32. The molecule has 25 heavy (non-hydrogen) atoms. The van der Waals surface area contributed by atoms with Crippen LogP contribution >= 0.6 is 0 Å². The molecule has 1 aliphatic rings. The smallest absolute Gasteiger partial charge is 0.322 e. The second kappa shape index (κ2) is 7.20. The summed E-state index contributed by atoms with van der Waals surface area (Å²) in [6, 6.07) is 3.69. The van der Waals surface area contributed by atoms with Gasteiger partial charge in [0.2, 0.25) is 0 Å². The molecule has 0 saturated carbocycles. The van der Waals surface area contributed by atoms with Crippen LogP contribution in [0.3, 0.4) is 0 Å². The summed E-state index contributed by atoms with van der Waals surface area (Å²) in [4.78, 5) is 32.2. The van der Waals surface area contributed by atoms with Crippen molar-refractivity contribution in [1.29, 1.82) is 0 Å². The van der Waals surface area contributed by atoms with Crippen molar-refractivity contribution in [2.45, 2.75) is 25.3 Å². The third-order valence-electron chi connectivity index (χ3n) is 4.24. The Balaban J connectivity index is 1.80. The number of likely N-dealkylation sites (tertiary alicyclic amines) is 1.